The SMILES string of the molecule is CCC1C[C@H](C(=O)N2CCCC2C)[C@H](C(=O)O)C1. The normalized spacial score (nSPS) is 36.0. The molecule has 1 N–H and O–H groups in total. The summed E-state index contributed by atoms with van der Waals surface area (Å²) in [5.74, 6) is -1.05. The van der Waals surface area contributed by atoms with Gasteiger partial charge in [-0.2, -0.15) is 0 Å². The lowest BCUT2D eigenvalue weighted by atomic mass is 9.94. The number of amides is 1. The Kier molecular flexibility index (Phi) is 3.93. The predicted octanol–water partition coefficient (Wildman–Crippen LogP) is 2.13. The lowest BCUT2D eigenvalue weighted by Crippen LogP contribution is -2.40. The van der Waals surface area contributed by atoms with E-state index in [0.29, 0.717) is 12.3 Å². The summed E-state index contributed by atoms with van der Waals surface area (Å²) in [6, 6.07) is 0.285. The maximum atomic E-state index is 12.5. The van der Waals surface area contributed by atoms with Crippen LogP contribution in [0, 0.1) is 17.8 Å². The van der Waals surface area contributed by atoms with Gasteiger partial charge >= 0.3 is 5.97 Å². The Morgan fingerprint density at radius 2 is 1.94 bits per heavy atom. The number of aliphatic carboxylic acids is 1. The molecule has 1 amide bonds. The predicted molar refractivity (Wildman–Crippen MR) is 68.0 cm³/mol. The number of carboxylic acid groups (broad SMARTS) is 1. The molecule has 4 nitrogen and oxygen atoms in total. The molecule has 1 aliphatic heterocycles. The van der Waals surface area contributed by atoms with E-state index in [1.807, 2.05) is 4.90 Å². The minimum atomic E-state index is -0.795. The quantitative estimate of drug-likeness (QED) is 0.838. The molecule has 1 saturated heterocycles. The van der Waals surface area contributed by atoms with Gasteiger partial charge in [-0.15, -0.1) is 0 Å². The Morgan fingerprint density at radius 3 is 2.44 bits per heavy atom. The van der Waals surface area contributed by atoms with Crippen molar-refractivity contribution in [2.24, 2.45) is 17.8 Å². The Morgan fingerprint density at radius 1 is 1.28 bits per heavy atom. The highest BCUT2D eigenvalue weighted by atomic mass is 16.4. The van der Waals surface area contributed by atoms with Crippen LogP contribution >= 0.6 is 0 Å². The summed E-state index contributed by atoms with van der Waals surface area (Å²) in [5, 5.41) is 9.28. The molecule has 0 aromatic heterocycles. The second-order valence-corrected chi connectivity index (χ2v) is 5.82. The molecule has 4 atom stereocenters. The number of hydrogen-bond donors (Lipinski definition) is 1. The Labute approximate surface area is 108 Å². The summed E-state index contributed by atoms with van der Waals surface area (Å²) in [7, 11) is 0. The molecule has 2 unspecified atom stereocenters. The van der Waals surface area contributed by atoms with Gasteiger partial charge in [0.05, 0.1) is 11.8 Å². The lowest BCUT2D eigenvalue weighted by Gasteiger charge is -2.26. The number of hydrogen-bond acceptors (Lipinski definition) is 2. The molecule has 1 aliphatic carbocycles. The third-order valence-electron chi connectivity index (χ3n) is 4.71. The largest absolute Gasteiger partial charge is 0.481 e. The number of carbonyl (C=O) groups is 2. The first-order valence-electron chi connectivity index (χ1n) is 7.07. The standard InChI is InChI=1S/C14H23NO3/c1-3-10-7-11(12(8-10)14(17)18)13(16)15-6-4-5-9(15)2/h9-12H,3-8H2,1-2H3,(H,17,18)/t9?,10?,11-,12+/m0/s1. The third kappa shape index (κ3) is 2.38. The van der Waals surface area contributed by atoms with E-state index >= 15 is 0 Å². The van der Waals surface area contributed by atoms with Crippen LogP contribution in [-0.2, 0) is 9.59 Å². The van der Waals surface area contributed by atoms with Crippen LogP contribution in [0.5, 0.6) is 0 Å². The average Bonchev–Trinajstić information content (AvgIpc) is 2.93. The van der Waals surface area contributed by atoms with Crippen molar-refractivity contribution >= 4 is 11.9 Å². The zero-order chi connectivity index (χ0) is 13.3. The van der Waals surface area contributed by atoms with E-state index in [1.165, 1.54) is 0 Å². The molecule has 1 heterocycles. The minimum Gasteiger partial charge on any atom is -0.481 e. The van der Waals surface area contributed by atoms with Crippen LogP contribution in [0.25, 0.3) is 0 Å². The monoisotopic (exact) mass is 253 g/mol. The molecule has 102 valence electrons. The second kappa shape index (κ2) is 5.29. The Balaban J connectivity index is 2.10. The van der Waals surface area contributed by atoms with Crippen molar-refractivity contribution in [2.75, 3.05) is 6.54 Å². The molecule has 0 aromatic carbocycles. The van der Waals surface area contributed by atoms with Crippen LogP contribution in [-0.4, -0.2) is 34.5 Å². The maximum Gasteiger partial charge on any atom is 0.307 e. The second-order valence-electron chi connectivity index (χ2n) is 5.82. The maximum absolute atomic E-state index is 12.5. The van der Waals surface area contributed by atoms with Gasteiger partial charge in [0.15, 0.2) is 0 Å². The van der Waals surface area contributed by atoms with Gasteiger partial charge in [0.25, 0.3) is 0 Å². The van der Waals surface area contributed by atoms with Crippen molar-refractivity contribution in [3.63, 3.8) is 0 Å². The highest BCUT2D eigenvalue weighted by Crippen LogP contribution is 2.40. The van der Waals surface area contributed by atoms with Crippen LogP contribution < -0.4 is 0 Å². The average molecular weight is 253 g/mol. The number of rotatable bonds is 3. The van der Waals surface area contributed by atoms with Gasteiger partial charge in [0.2, 0.25) is 5.91 Å². The highest BCUT2D eigenvalue weighted by Gasteiger charge is 2.44. The fourth-order valence-corrected chi connectivity index (χ4v) is 3.50. The van der Waals surface area contributed by atoms with E-state index < -0.39 is 11.9 Å². The minimum absolute atomic E-state index is 0.0864. The van der Waals surface area contributed by atoms with Crippen molar-refractivity contribution in [1.29, 1.82) is 0 Å². The van der Waals surface area contributed by atoms with E-state index in [2.05, 4.69) is 13.8 Å². The molecule has 0 radical (unpaired) electrons. The molecular weight excluding hydrogens is 230 g/mol. The molecule has 0 aromatic rings. The summed E-state index contributed by atoms with van der Waals surface area (Å²) in [6.45, 7) is 4.95. The zero-order valence-corrected chi connectivity index (χ0v) is 11.3. The number of nitrogens with zero attached hydrogens (tertiary/aromatic N) is 1. The van der Waals surface area contributed by atoms with Crippen molar-refractivity contribution < 1.29 is 14.7 Å². The summed E-state index contributed by atoms with van der Waals surface area (Å²) < 4.78 is 0. The third-order valence-corrected chi connectivity index (χ3v) is 4.71. The van der Waals surface area contributed by atoms with Crippen LogP contribution in [0.15, 0.2) is 0 Å². The van der Waals surface area contributed by atoms with Gasteiger partial charge in [-0.25, -0.2) is 0 Å². The van der Waals surface area contributed by atoms with Crippen molar-refractivity contribution in [3.8, 4) is 0 Å². The fourth-order valence-electron chi connectivity index (χ4n) is 3.50. The first-order chi connectivity index (χ1) is 8.54. The number of carbonyl (C=O) groups excluding carboxylic acids is 1. The van der Waals surface area contributed by atoms with Crippen LogP contribution in [0.2, 0.25) is 0 Å². The van der Waals surface area contributed by atoms with Crippen molar-refractivity contribution in [3.05, 3.63) is 0 Å². The van der Waals surface area contributed by atoms with Gasteiger partial charge in [0, 0.05) is 12.6 Å². The molecule has 0 bridgehead atoms. The van der Waals surface area contributed by atoms with Gasteiger partial charge in [-0.3, -0.25) is 9.59 Å². The highest BCUT2D eigenvalue weighted by molar-refractivity contribution is 5.85. The van der Waals surface area contributed by atoms with E-state index in [0.717, 1.165) is 32.2 Å². The van der Waals surface area contributed by atoms with E-state index in [9.17, 15) is 14.7 Å². The van der Waals surface area contributed by atoms with Crippen LogP contribution in [0.3, 0.4) is 0 Å². The fraction of sp³-hybridized carbons (Fsp3) is 0.857. The van der Waals surface area contributed by atoms with Gasteiger partial charge < -0.3 is 10.0 Å². The lowest BCUT2D eigenvalue weighted by molar-refractivity contribution is -0.149. The van der Waals surface area contributed by atoms with Crippen LogP contribution in [0.1, 0.15) is 46.0 Å². The molecule has 18 heavy (non-hydrogen) atoms. The summed E-state index contributed by atoms with van der Waals surface area (Å²) >= 11 is 0. The van der Waals surface area contributed by atoms with E-state index in [4.69, 9.17) is 0 Å². The molecule has 4 heteroatoms. The zero-order valence-electron chi connectivity index (χ0n) is 11.3. The van der Waals surface area contributed by atoms with Gasteiger partial charge in [-0.1, -0.05) is 13.3 Å². The summed E-state index contributed by atoms with van der Waals surface area (Å²) in [6.07, 6.45) is 4.51. The molecule has 0 spiro atoms. The summed E-state index contributed by atoms with van der Waals surface area (Å²) in [4.78, 5) is 25.7. The van der Waals surface area contributed by atoms with Gasteiger partial charge in [-0.05, 0) is 38.5 Å². The molecule has 2 fully saturated rings. The van der Waals surface area contributed by atoms with Gasteiger partial charge in [0.1, 0.15) is 0 Å². The topological polar surface area (TPSA) is 57.6 Å². The van der Waals surface area contributed by atoms with Crippen molar-refractivity contribution in [2.45, 2.75) is 52.0 Å². The van der Waals surface area contributed by atoms with E-state index in [-0.39, 0.29) is 17.9 Å². The first-order valence-corrected chi connectivity index (χ1v) is 7.07. The molecule has 2 rings (SSSR count). The molecule has 2 aliphatic rings. The molecule has 1 saturated carbocycles. The summed E-state index contributed by atoms with van der Waals surface area (Å²) in [5.41, 5.74) is 0. The first kappa shape index (κ1) is 13.4. The van der Waals surface area contributed by atoms with Crippen LogP contribution in [0.4, 0.5) is 0 Å². The number of likely N-dealkylation sites (tertiary alicyclic amines) is 1. The van der Waals surface area contributed by atoms with E-state index in [1.54, 1.807) is 0 Å². The smallest absolute Gasteiger partial charge is 0.307 e. The Bertz CT molecular complexity index is 342. The van der Waals surface area contributed by atoms with Crippen molar-refractivity contribution in [1.82, 2.24) is 4.90 Å². The molecular formula is C14H23NO3. The Hall–Kier alpha value is -1.06. The number of carboxylic acids is 1.